The van der Waals surface area contributed by atoms with E-state index in [9.17, 15) is 18.8 Å². The first-order chi connectivity index (χ1) is 15.4. The Kier molecular flexibility index (Phi) is 5.98. The summed E-state index contributed by atoms with van der Waals surface area (Å²) < 4.78 is 16.0. The first kappa shape index (κ1) is 21.2. The fourth-order valence-electron chi connectivity index (χ4n) is 3.67. The Balaban J connectivity index is 1.70. The Labute approximate surface area is 183 Å². The number of anilines is 1. The molecule has 0 aliphatic heterocycles. The van der Waals surface area contributed by atoms with Gasteiger partial charge in [0.1, 0.15) is 12.4 Å². The number of fused-ring (bicyclic) bond motifs is 1. The average molecular weight is 431 g/mol. The number of aryl methyl sites for hydroxylation is 2. The van der Waals surface area contributed by atoms with Crippen LogP contribution in [-0.2, 0) is 24.3 Å². The number of amides is 1. The molecule has 162 valence electrons. The Hall–Kier alpha value is -4.00. The van der Waals surface area contributed by atoms with E-state index in [2.05, 4.69) is 5.32 Å². The summed E-state index contributed by atoms with van der Waals surface area (Å²) in [6.07, 6.45) is 0.503. The summed E-state index contributed by atoms with van der Waals surface area (Å²) >= 11 is 0. The van der Waals surface area contributed by atoms with E-state index in [4.69, 9.17) is 0 Å². The highest BCUT2D eigenvalue weighted by molar-refractivity contribution is 5.92. The minimum atomic E-state index is -0.559. The van der Waals surface area contributed by atoms with Crippen LogP contribution in [0.2, 0.25) is 0 Å². The van der Waals surface area contributed by atoms with Crippen LogP contribution in [0.3, 0.4) is 0 Å². The molecule has 0 atom stereocenters. The number of benzene rings is 3. The highest BCUT2D eigenvalue weighted by Gasteiger charge is 2.16. The zero-order valence-electron chi connectivity index (χ0n) is 17.5. The van der Waals surface area contributed by atoms with Crippen LogP contribution in [0.15, 0.2) is 82.4 Å². The number of carbonyl (C=O) groups is 1. The minimum Gasteiger partial charge on any atom is -0.324 e. The van der Waals surface area contributed by atoms with Crippen molar-refractivity contribution in [3.63, 3.8) is 0 Å². The predicted octanol–water partition coefficient (Wildman–Crippen LogP) is 3.49. The van der Waals surface area contributed by atoms with E-state index in [0.717, 1.165) is 10.1 Å². The molecule has 0 aliphatic carbocycles. The zero-order chi connectivity index (χ0) is 22.7. The second-order valence-corrected chi connectivity index (χ2v) is 7.59. The number of carbonyl (C=O) groups excluding carboxylic acids is 1. The lowest BCUT2D eigenvalue weighted by molar-refractivity contribution is -0.116. The molecule has 1 amide bonds. The molecule has 0 saturated heterocycles. The van der Waals surface area contributed by atoms with Crippen LogP contribution in [0, 0.1) is 12.7 Å². The van der Waals surface area contributed by atoms with Gasteiger partial charge in [-0.2, -0.15) is 0 Å². The molecule has 6 nitrogen and oxygen atoms in total. The van der Waals surface area contributed by atoms with E-state index in [1.165, 1.54) is 16.7 Å². The molecule has 0 radical (unpaired) electrons. The largest absolute Gasteiger partial charge is 0.331 e. The molecule has 7 heteroatoms. The van der Waals surface area contributed by atoms with Crippen molar-refractivity contribution in [2.75, 3.05) is 5.32 Å². The first-order valence-corrected chi connectivity index (χ1v) is 10.3. The fraction of sp³-hybridized carbons (Fsp3) is 0.160. The summed E-state index contributed by atoms with van der Waals surface area (Å²) in [5, 5.41) is 3.01. The van der Waals surface area contributed by atoms with Crippen LogP contribution >= 0.6 is 0 Å². The SMILES string of the molecule is Cc1ccc(F)cc1NC(=O)Cn1c(=O)n(CCc2ccccc2)c(=O)c2ccccc21. The number of aromatic nitrogens is 2. The molecule has 1 N–H and O–H groups in total. The van der Waals surface area contributed by atoms with E-state index in [1.54, 1.807) is 37.3 Å². The molecule has 4 aromatic rings. The van der Waals surface area contributed by atoms with Crippen molar-refractivity contribution < 1.29 is 9.18 Å². The van der Waals surface area contributed by atoms with Gasteiger partial charge in [-0.15, -0.1) is 0 Å². The van der Waals surface area contributed by atoms with Crippen LogP contribution in [0.25, 0.3) is 10.9 Å². The number of halogens is 1. The lowest BCUT2D eigenvalue weighted by atomic mass is 10.1. The Morgan fingerprint density at radius 3 is 2.44 bits per heavy atom. The van der Waals surface area contributed by atoms with E-state index in [1.807, 2.05) is 30.3 Å². The molecule has 0 saturated carbocycles. The van der Waals surface area contributed by atoms with Gasteiger partial charge in [-0.05, 0) is 48.7 Å². The van der Waals surface area contributed by atoms with Gasteiger partial charge in [0.05, 0.1) is 10.9 Å². The highest BCUT2D eigenvalue weighted by Crippen LogP contribution is 2.16. The van der Waals surface area contributed by atoms with E-state index >= 15 is 0 Å². The van der Waals surface area contributed by atoms with Crippen LogP contribution in [0.5, 0.6) is 0 Å². The predicted molar refractivity (Wildman–Crippen MR) is 122 cm³/mol. The number of para-hydroxylation sites is 1. The maximum absolute atomic E-state index is 13.6. The molecule has 0 spiro atoms. The maximum atomic E-state index is 13.6. The normalized spacial score (nSPS) is 10.9. The summed E-state index contributed by atoms with van der Waals surface area (Å²) in [7, 11) is 0. The van der Waals surface area contributed by atoms with Crippen molar-refractivity contribution in [3.8, 4) is 0 Å². The van der Waals surface area contributed by atoms with Gasteiger partial charge >= 0.3 is 5.69 Å². The third kappa shape index (κ3) is 4.37. The number of rotatable bonds is 6. The molecule has 4 rings (SSSR count). The van der Waals surface area contributed by atoms with Crippen molar-refractivity contribution >= 4 is 22.5 Å². The zero-order valence-corrected chi connectivity index (χ0v) is 17.5. The van der Waals surface area contributed by atoms with Crippen molar-refractivity contribution in [2.45, 2.75) is 26.4 Å². The number of nitrogens with one attached hydrogen (secondary N) is 1. The molecular weight excluding hydrogens is 409 g/mol. The van der Waals surface area contributed by atoms with Crippen LogP contribution in [0.4, 0.5) is 10.1 Å². The van der Waals surface area contributed by atoms with Gasteiger partial charge in [0.2, 0.25) is 5.91 Å². The Bertz CT molecular complexity index is 1410. The van der Waals surface area contributed by atoms with Crippen molar-refractivity contribution in [1.82, 2.24) is 9.13 Å². The topological polar surface area (TPSA) is 73.1 Å². The van der Waals surface area contributed by atoms with Crippen molar-refractivity contribution in [1.29, 1.82) is 0 Å². The summed E-state index contributed by atoms with van der Waals surface area (Å²) in [5.74, 6) is -0.956. The number of hydrogen-bond acceptors (Lipinski definition) is 3. The number of nitrogens with zero attached hydrogens (tertiary/aromatic N) is 2. The van der Waals surface area contributed by atoms with Gasteiger partial charge in [0, 0.05) is 12.2 Å². The van der Waals surface area contributed by atoms with Gasteiger partial charge in [-0.3, -0.25) is 18.7 Å². The highest BCUT2D eigenvalue weighted by atomic mass is 19.1. The number of hydrogen-bond donors (Lipinski definition) is 1. The Morgan fingerprint density at radius 2 is 1.66 bits per heavy atom. The van der Waals surface area contributed by atoms with Gasteiger partial charge in [-0.1, -0.05) is 48.5 Å². The monoisotopic (exact) mass is 431 g/mol. The van der Waals surface area contributed by atoms with Crippen LogP contribution < -0.4 is 16.6 Å². The summed E-state index contributed by atoms with van der Waals surface area (Å²) in [6.45, 7) is 1.64. The third-order valence-corrected chi connectivity index (χ3v) is 5.37. The lowest BCUT2D eigenvalue weighted by Gasteiger charge is -2.15. The van der Waals surface area contributed by atoms with Crippen molar-refractivity contribution in [2.24, 2.45) is 0 Å². The maximum Gasteiger partial charge on any atom is 0.331 e. The molecule has 0 fully saturated rings. The van der Waals surface area contributed by atoms with Crippen molar-refractivity contribution in [3.05, 3.63) is 111 Å². The minimum absolute atomic E-state index is 0.192. The molecule has 0 bridgehead atoms. The second kappa shape index (κ2) is 9.01. The Morgan fingerprint density at radius 1 is 0.938 bits per heavy atom. The molecule has 1 heterocycles. The molecule has 1 aromatic heterocycles. The second-order valence-electron chi connectivity index (χ2n) is 7.59. The summed E-state index contributed by atoms with van der Waals surface area (Å²) in [5.41, 5.74) is 1.46. The molecular formula is C25H22FN3O3. The lowest BCUT2D eigenvalue weighted by Crippen LogP contribution is -2.42. The van der Waals surface area contributed by atoms with E-state index in [-0.39, 0.29) is 18.6 Å². The van der Waals surface area contributed by atoms with Gasteiger partial charge in [-0.25, -0.2) is 9.18 Å². The van der Waals surface area contributed by atoms with Crippen LogP contribution in [0.1, 0.15) is 11.1 Å². The third-order valence-electron chi connectivity index (χ3n) is 5.37. The quantitative estimate of drug-likeness (QED) is 0.508. The smallest absolute Gasteiger partial charge is 0.324 e. The van der Waals surface area contributed by atoms with E-state index in [0.29, 0.717) is 28.6 Å². The molecule has 32 heavy (non-hydrogen) atoms. The van der Waals surface area contributed by atoms with Gasteiger partial charge < -0.3 is 5.32 Å². The summed E-state index contributed by atoms with van der Waals surface area (Å²) in [4.78, 5) is 38.9. The standard InChI is InChI=1S/C25H22FN3O3/c1-17-11-12-19(26)15-21(17)27-23(30)16-29-22-10-6-5-9-20(22)24(31)28(25(29)32)14-13-18-7-3-2-4-8-18/h2-12,15H,13-14,16H2,1H3,(H,27,30). The van der Waals surface area contributed by atoms with E-state index < -0.39 is 17.4 Å². The first-order valence-electron chi connectivity index (χ1n) is 10.3. The fourth-order valence-corrected chi connectivity index (χ4v) is 3.67. The molecule has 0 unspecified atom stereocenters. The summed E-state index contributed by atoms with van der Waals surface area (Å²) in [6, 6.07) is 20.4. The molecule has 0 aliphatic rings. The average Bonchev–Trinajstić information content (AvgIpc) is 2.80. The molecule has 3 aromatic carbocycles. The van der Waals surface area contributed by atoms with Gasteiger partial charge in [0.15, 0.2) is 0 Å². The van der Waals surface area contributed by atoms with Gasteiger partial charge in [0.25, 0.3) is 5.56 Å². The van der Waals surface area contributed by atoms with Crippen LogP contribution in [-0.4, -0.2) is 15.0 Å².